The van der Waals surface area contributed by atoms with Crippen molar-refractivity contribution in [1.82, 2.24) is 4.90 Å². The van der Waals surface area contributed by atoms with Gasteiger partial charge < -0.3 is 15.4 Å². The number of piperidine rings is 1. The van der Waals surface area contributed by atoms with Gasteiger partial charge in [0.15, 0.2) is 0 Å². The molecule has 2 amide bonds. The number of ether oxygens (including phenoxy) is 1. The first-order valence-electron chi connectivity index (χ1n) is 8.30. The summed E-state index contributed by atoms with van der Waals surface area (Å²) in [6.45, 7) is 2.41. The van der Waals surface area contributed by atoms with Crippen LogP contribution in [0.3, 0.4) is 0 Å². The molecule has 0 aromatic heterocycles. The molecular formula is C18H28N2O2. The first-order valence-corrected chi connectivity index (χ1v) is 8.30. The van der Waals surface area contributed by atoms with Crippen LogP contribution in [0.1, 0.15) is 43.6 Å². The molecule has 1 saturated heterocycles. The van der Waals surface area contributed by atoms with Gasteiger partial charge in [-0.2, -0.15) is 0 Å². The molecule has 1 heterocycles. The summed E-state index contributed by atoms with van der Waals surface area (Å²) in [4.78, 5) is 13.3. The van der Waals surface area contributed by atoms with Crippen molar-refractivity contribution in [3.63, 3.8) is 0 Å². The molecule has 0 unspecified atom stereocenters. The fourth-order valence-electron chi connectivity index (χ4n) is 3.52. The van der Waals surface area contributed by atoms with Gasteiger partial charge in [-0.05, 0) is 43.1 Å². The summed E-state index contributed by atoms with van der Waals surface area (Å²) in [5, 5.41) is 0. The van der Waals surface area contributed by atoms with Crippen molar-refractivity contribution in [2.45, 2.75) is 38.0 Å². The van der Waals surface area contributed by atoms with Gasteiger partial charge in [-0.3, -0.25) is 0 Å². The van der Waals surface area contributed by atoms with Gasteiger partial charge in [0.25, 0.3) is 0 Å². The van der Waals surface area contributed by atoms with Crippen molar-refractivity contribution in [1.29, 1.82) is 0 Å². The van der Waals surface area contributed by atoms with Crippen LogP contribution in [0, 0.1) is 5.92 Å². The second-order valence-electron chi connectivity index (χ2n) is 6.19. The van der Waals surface area contributed by atoms with E-state index in [2.05, 4.69) is 30.3 Å². The number of rotatable bonds is 7. The van der Waals surface area contributed by atoms with E-state index < -0.39 is 0 Å². The van der Waals surface area contributed by atoms with Crippen molar-refractivity contribution >= 4 is 6.03 Å². The highest BCUT2D eigenvalue weighted by Crippen LogP contribution is 2.35. The number of carbonyl (C=O) groups is 1. The Bertz CT molecular complexity index is 450. The van der Waals surface area contributed by atoms with E-state index in [1.165, 1.54) is 12.0 Å². The highest BCUT2D eigenvalue weighted by atomic mass is 16.5. The Labute approximate surface area is 133 Å². The van der Waals surface area contributed by atoms with Crippen LogP contribution in [0.5, 0.6) is 0 Å². The molecule has 0 bridgehead atoms. The second kappa shape index (κ2) is 8.79. The van der Waals surface area contributed by atoms with E-state index in [1.807, 2.05) is 0 Å². The number of benzene rings is 1. The normalized spacial score (nSPS) is 19.9. The van der Waals surface area contributed by atoms with E-state index in [0.717, 1.165) is 45.4 Å². The van der Waals surface area contributed by atoms with Gasteiger partial charge in [-0.15, -0.1) is 0 Å². The Morgan fingerprint density at radius 1 is 1.36 bits per heavy atom. The van der Waals surface area contributed by atoms with Crippen molar-refractivity contribution < 1.29 is 9.53 Å². The Balaban J connectivity index is 2.04. The molecule has 2 N–H and O–H groups in total. The number of urea groups is 1. The molecule has 0 spiro atoms. The number of hydrogen-bond donors (Lipinski definition) is 1. The fourth-order valence-corrected chi connectivity index (χ4v) is 3.52. The van der Waals surface area contributed by atoms with Gasteiger partial charge in [0.1, 0.15) is 0 Å². The van der Waals surface area contributed by atoms with E-state index in [1.54, 1.807) is 12.0 Å². The third-order valence-corrected chi connectivity index (χ3v) is 4.68. The molecule has 1 aromatic rings. The maximum absolute atomic E-state index is 11.5. The summed E-state index contributed by atoms with van der Waals surface area (Å²) in [6, 6.07) is 10.4. The van der Waals surface area contributed by atoms with Crippen LogP contribution in [-0.2, 0) is 4.74 Å². The van der Waals surface area contributed by atoms with Crippen LogP contribution in [0.4, 0.5) is 4.79 Å². The molecular weight excluding hydrogens is 276 g/mol. The molecule has 1 aliphatic rings. The van der Waals surface area contributed by atoms with Crippen LogP contribution in [0.25, 0.3) is 0 Å². The van der Waals surface area contributed by atoms with E-state index >= 15 is 0 Å². The van der Waals surface area contributed by atoms with E-state index in [-0.39, 0.29) is 6.03 Å². The third kappa shape index (κ3) is 4.73. The van der Waals surface area contributed by atoms with Gasteiger partial charge >= 0.3 is 6.03 Å². The predicted molar refractivity (Wildman–Crippen MR) is 88.8 cm³/mol. The number of nitrogens with two attached hydrogens (primary N) is 1. The van der Waals surface area contributed by atoms with Gasteiger partial charge in [0.05, 0.1) is 0 Å². The summed E-state index contributed by atoms with van der Waals surface area (Å²) in [7, 11) is 1.75. The number of methoxy groups -OCH3 is 1. The summed E-state index contributed by atoms with van der Waals surface area (Å²) < 4.78 is 5.15. The maximum atomic E-state index is 11.5. The Morgan fingerprint density at radius 3 is 2.82 bits per heavy atom. The smallest absolute Gasteiger partial charge is 0.314 e. The Hall–Kier alpha value is -1.55. The Morgan fingerprint density at radius 2 is 2.14 bits per heavy atom. The number of carbonyl (C=O) groups excluding carboxylic acids is 1. The first-order chi connectivity index (χ1) is 10.7. The van der Waals surface area contributed by atoms with Gasteiger partial charge in [-0.1, -0.05) is 36.8 Å². The van der Waals surface area contributed by atoms with Crippen molar-refractivity contribution in [3.05, 3.63) is 35.9 Å². The summed E-state index contributed by atoms with van der Waals surface area (Å²) in [6.07, 6.45) is 5.61. The minimum Gasteiger partial charge on any atom is -0.385 e. The van der Waals surface area contributed by atoms with E-state index in [0.29, 0.717) is 11.8 Å². The van der Waals surface area contributed by atoms with E-state index in [4.69, 9.17) is 10.5 Å². The molecule has 0 radical (unpaired) electrons. The van der Waals surface area contributed by atoms with Crippen LogP contribution in [-0.4, -0.2) is 37.7 Å². The van der Waals surface area contributed by atoms with Crippen LogP contribution < -0.4 is 5.73 Å². The molecule has 4 heteroatoms. The number of likely N-dealkylation sites (tertiary alicyclic amines) is 1. The molecule has 1 aromatic carbocycles. The van der Waals surface area contributed by atoms with E-state index in [9.17, 15) is 4.79 Å². The zero-order valence-corrected chi connectivity index (χ0v) is 13.5. The summed E-state index contributed by atoms with van der Waals surface area (Å²) in [5.41, 5.74) is 6.86. The second-order valence-corrected chi connectivity index (χ2v) is 6.19. The molecule has 22 heavy (non-hydrogen) atoms. The van der Waals surface area contributed by atoms with Crippen LogP contribution in [0.15, 0.2) is 30.3 Å². The molecule has 0 aliphatic carbocycles. The molecule has 1 fully saturated rings. The van der Waals surface area contributed by atoms with Gasteiger partial charge in [0.2, 0.25) is 0 Å². The molecule has 2 rings (SSSR count). The SMILES string of the molecule is COCCCC[C@@H](c1ccccc1)[C@@H]1CCCN(C(N)=O)C1. The first kappa shape index (κ1) is 16.8. The van der Waals surface area contributed by atoms with Crippen LogP contribution >= 0.6 is 0 Å². The predicted octanol–water partition coefficient (Wildman–Crippen LogP) is 3.38. The Kier molecular flexibility index (Phi) is 6.72. The zero-order chi connectivity index (χ0) is 15.8. The zero-order valence-electron chi connectivity index (χ0n) is 13.5. The monoisotopic (exact) mass is 304 g/mol. The van der Waals surface area contributed by atoms with Crippen LogP contribution in [0.2, 0.25) is 0 Å². The topological polar surface area (TPSA) is 55.6 Å². The summed E-state index contributed by atoms with van der Waals surface area (Å²) in [5.74, 6) is 1.01. The quantitative estimate of drug-likeness (QED) is 0.785. The molecule has 122 valence electrons. The molecule has 1 aliphatic heterocycles. The lowest BCUT2D eigenvalue weighted by atomic mass is 9.78. The maximum Gasteiger partial charge on any atom is 0.314 e. The largest absolute Gasteiger partial charge is 0.385 e. The summed E-state index contributed by atoms with van der Waals surface area (Å²) >= 11 is 0. The molecule has 2 atom stereocenters. The molecule has 0 saturated carbocycles. The average Bonchev–Trinajstić information content (AvgIpc) is 2.56. The highest BCUT2D eigenvalue weighted by Gasteiger charge is 2.29. The average molecular weight is 304 g/mol. The lowest BCUT2D eigenvalue weighted by molar-refractivity contribution is 0.158. The number of unbranched alkanes of at least 4 members (excludes halogenated alkanes) is 1. The number of amides is 2. The van der Waals surface area contributed by atoms with Gasteiger partial charge in [0, 0.05) is 26.8 Å². The minimum absolute atomic E-state index is 0.282. The highest BCUT2D eigenvalue weighted by molar-refractivity contribution is 5.72. The van der Waals surface area contributed by atoms with Gasteiger partial charge in [-0.25, -0.2) is 4.79 Å². The lowest BCUT2D eigenvalue weighted by Gasteiger charge is -2.36. The fraction of sp³-hybridized carbons (Fsp3) is 0.611. The van der Waals surface area contributed by atoms with Crippen molar-refractivity contribution in [2.75, 3.05) is 26.8 Å². The minimum atomic E-state index is -0.282. The van der Waals surface area contributed by atoms with Crippen molar-refractivity contribution in [2.24, 2.45) is 11.7 Å². The lowest BCUT2D eigenvalue weighted by Crippen LogP contribution is -2.44. The number of hydrogen-bond acceptors (Lipinski definition) is 2. The third-order valence-electron chi connectivity index (χ3n) is 4.68. The number of nitrogens with zero attached hydrogens (tertiary/aromatic N) is 1. The number of primary amides is 1. The standard InChI is InChI=1S/C18H28N2O2/c1-22-13-6-5-11-17(15-8-3-2-4-9-15)16-10-7-12-20(14-16)18(19)21/h2-4,8-9,16-17H,5-7,10-14H2,1H3,(H2,19,21)/t16-,17+/m1/s1. The van der Waals surface area contributed by atoms with Crippen molar-refractivity contribution in [3.8, 4) is 0 Å². The molecule has 4 nitrogen and oxygen atoms in total.